The van der Waals surface area contributed by atoms with Crippen LogP contribution >= 0.6 is 0 Å². The second-order valence-corrected chi connectivity index (χ2v) is 10.5. The van der Waals surface area contributed by atoms with Gasteiger partial charge in [-0.1, -0.05) is 25.3 Å². The highest BCUT2D eigenvalue weighted by molar-refractivity contribution is 7.89. The molecule has 0 aromatic heterocycles. The van der Waals surface area contributed by atoms with Crippen molar-refractivity contribution in [1.29, 1.82) is 0 Å². The van der Waals surface area contributed by atoms with Crippen LogP contribution in [0.15, 0.2) is 23.1 Å². The van der Waals surface area contributed by atoms with Crippen LogP contribution in [0.4, 0.5) is 0 Å². The third-order valence-corrected chi connectivity index (χ3v) is 8.23. The normalized spacial score (nSPS) is 19.4. The van der Waals surface area contributed by atoms with E-state index in [1.54, 1.807) is 12.1 Å². The fourth-order valence-electron chi connectivity index (χ4n) is 4.22. The van der Waals surface area contributed by atoms with E-state index in [4.69, 9.17) is 0 Å². The summed E-state index contributed by atoms with van der Waals surface area (Å²) in [5.74, 6) is -0.583. The Kier molecular flexibility index (Phi) is 7.52. The molecule has 0 radical (unpaired) electrons. The van der Waals surface area contributed by atoms with Crippen LogP contribution in [0.5, 0.6) is 0 Å². The van der Waals surface area contributed by atoms with Crippen molar-refractivity contribution in [2.45, 2.75) is 69.7 Å². The quantitative estimate of drug-likeness (QED) is 0.717. The van der Waals surface area contributed by atoms with Crippen molar-refractivity contribution in [3.63, 3.8) is 0 Å². The van der Waals surface area contributed by atoms with Gasteiger partial charge in [0.25, 0.3) is 0 Å². The Labute approximate surface area is 179 Å². The summed E-state index contributed by atoms with van der Waals surface area (Å²) in [6.45, 7) is 4.44. The van der Waals surface area contributed by atoms with Gasteiger partial charge >= 0.3 is 0 Å². The van der Waals surface area contributed by atoms with Gasteiger partial charge in [-0.2, -0.15) is 4.31 Å². The highest BCUT2D eigenvalue weighted by atomic mass is 32.2. The van der Waals surface area contributed by atoms with E-state index in [1.807, 2.05) is 19.9 Å². The lowest BCUT2D eigenvalue weighted by Gasteiger charge is -2.30. The topological polar surface area (TPSA) is 95.6 Å². The highest BCUT2D eigenvalue weighted by Gasteiger charge is 2.32. The molecule has 1 aliphatic carbocycles. The molecular weight excluding hydrogens is 402 g/mol. The number of benzene rings is 1. The largest absolute Gasteiger partial charge is 0.352 e. The van der Waals surface area contributed by atoms with Crippen LogP contribution < -0.4 is 10.6 Å². The van der Waals surface area contributed by atoms with Crippen LogP contribution in [0.1, 0.15) is 56.1 Å². The number of carbonyl (C=O) groups excluding carboxylic acids is 2. The van der Waals surface area contributed by atoms with E-state index in [0.29, 0.717) is 30.8 Å². The molecule has 1 aliphatic heterocycles. The number of nitrogens with zero attached hydrogens (tertiary/aromatic N) is 1. The third-order valence-electron chi connectivity index (χ3n) is 6.33. The van der Waals surface area contributed by atoms with E-state index >= 15 is 0 Å². The Bertz CT molecular complexity index is 870. The van der Waals surface area contributed by atoms with Crippen LogP contribution in [-0.4, -0.2) is 50.2 Å². The lowest BCUT2D eigenvalue weighted by atomic mass is 9.95. The molecular formula is C22H33N3O4S. The van der Waals surface area contributed by atoms with Crippen molar-refractivity contribution < 1.29 is 18.0 Å². The molecule has 3 rings (SSSR count). The van der Waals surface area contributed by atoms with Gasteiger partial charge in [0.2, 0.25) is 21.8 Å². The molecule has 1 saturated heterocycles. The van der Waals surface area contributed by atoms with E-state index in [1.165, 1.54) is 10.7 Å². The van der Waals surface area contributed by atoms with Gasteiger partial charge in [0, 0.05) is 25.0 Å². The van der Waals surface area contributed by atoms with E-state index in [9.17, 15) is 18.0 Å². The van der Waals surface area contributed by atoms with Crippen molar-refractivity contribution >= 4 is 21.8 Å². The molecule has 2 N–H and O–H groups in total. The molecule has 30 heavy (non-hydrogen) atoms. The van der Waals surface area contributed by atoms with Gasteiger partial charge in [0.15, 0.2) is 0 Å². The van der Waals surface area contributed by atoms with Crippen molar-refractivity contribution in [2.75, 3.05) is 19.6 Å². The maximum Gasteiger partial charge on any atom is 0.243 e. The van der Waals surface area contributed by atoms with Crippen LogP contribution in [0.3, 0.4) is 0 Å². The Balaban J connectivity index is 1.46. The summed E-state index contributed by atoms with van der Waals surface area (Å²) in [4.78, 5) is 24.8. The number of hydrogen-bond donors (Lipinski definition) is 2. The van der Waals surface area contributed by atoms with Crippen LogP contribution in [0, 0.1) is 19.8 Å². The molecule has 2 aliphatic rings. The Morgan fingerprint density at radius 2 is 1.67 bits per heavy atom. The van der Waals surface area contributed by atoms with E-state index in [2.05, 4.69) is 10.6 Å². The summed E-state index contributed by atoms with van der Waals surface area (Å²) in [6.07, 6.45) is 6.43. The highest BCUT2D eigenvalue weighted by Crippen LogP contribution is 2.25. The molecule has 1 heterocycles. The number of hydrogen-bond acceptors (Lipinski definition) is 4. The van der Waals surface area contributed by atoms with E-state index < -0.39 is 10.0 Å². The summed E-state index contributed by atoms with van der Waals surface area (Å²) in [6, 6.07) is 5.39. The Hall–Kier alpha value is -1.93. The average Bonchev–Trinajstić information content (AvgIpc) is 2.74. The first kappa shape index (κ1) is 22.7. The first-order chi connectivity index (χ1) is 14.3. The number of aryl methyl sites for hydroxylation is 2. The van der Waals surface area contributed by atoms with Gasteiger partial charge in [-0.25, -0.2) is 8.42 Å². The number of piperidine rings is 1. The zero-order valence-electron chi connectivity index (χ0n) is 17.9. The van der Waals surface area contributed by atoms with Crippen molar-refractivity contribution in [3.8, 4) is 0 Å². The molecule has 2 fully saturated rings. The Morgan fingerprint density at radius 3 is 2.30 bits per heavy atom. The number of sulfonamides is 1. The summed E-state index contributed by atoms with van der Waals surface area (Å²) in [5, 5.41) is 5.71. The zero-order chi connectivity index (χ0) is 21.7. The fourth-order valence-corrected chi connectivity index (χ4v) is 5.77. The molecule has 0 bridgehead atoms. The first-order valence-corrected chi connectivity index (χ1v) is 12.4. The van der Waals surface area contributed by atoms with E-state index in [0.717, 1.165) is 36.8 Å². The average molecular weight is 436 g/mol. The van der Waals surface area contributed by atoms with Gasteiger partial charge in [-0.05, 0) is 62.8 Å². The number of carbonyl (C=O) groups is 2. The molecule has 0 spiro atoms. The number of amides is 2. The van der Waals surface area contributed by atoms with Gasteiger partial charge in [-0.15, -0.1) is 0 Å². The smallest absolute Gasteiger partial charge is 0.243 e. The van der Waals surface area contributed by atoms with Gasteiger partial charge < -0.3 is 10.6 Å². The summed E-state index contributed by atoms with van der Waals surface area (Å²) in [7, 11) is -3.56. The summed E-state index contributed by atoms with van der Waals surface area (Å²) >= 11 is 0. The maximum absolute atomic E-state index is 12.9. The molecule has 1 aromatic rings. The summed E-state index contributed by atoms with van der Waals surface area (Å²) in [5.41, 5.74) is 1.99. The second-order valence-electron chi connectivity index (χ2n) is 8.54. The minimum Gasteiger partial charge on any atom is -0.352 e. The Morgan fingerprint density at radius 1 is 1.00 bits per heavy atom. The first-order valence-electron chi connectivity index (χ1n) is 10.9. The summed E-state index contributed by atoms with van der Waals surface area (Å²) < 4.78 is 27.3. The second kappa shape index (κ2) is 9.92. The fraction of sp³-hybridized carbons (Fsp3) is 0.636. The molecule has 8 heteroatoms. The number of rotatable bonds is 6. The monoisotopic (exact) mass is 435 g/mol. The van der Waals surface area contributed by atoms with Gasteiger partial charge in [0.1, 0.15) is 0 Å². The molecule has 1 aromatic carbocycles. The number of nitrogens with one attached hydrogen (secondary N) is 2. The van der Waals surface area contributed by atoms with Crippen molar-refractivity contribution in [2.24, 2.45) is 5.92 Å². The van der Waals surface area contributed by atoms with Gasteiger partial charge in [0.05, 0.1) is 11.4 Å². The van der Waals surface area contributed by atoms with E-state index in [-0.39, 0.29) is 30.3 Å². The lowest BCUT2D eigenvalue weighted by Crippen LogP contribution is -2.46. The zero-order valence-corrected chi connectivity index (χ0v) is 18.8. The van der Waals surface area contributed by atoms with Crippen LogP contribution in [-0.2, 0) is 19.6 Å². The van der Waals surface area contributed by atoms with Crippen LogP contribution in [0.2, 0.25) is 0 Å². The molecule has 166 valence electrons. The van der Waals surface area contributed by atoms with Gasteiger partial charge in [-0.3, -0.25) is 9.59 Å². The maximum atomic E-state index is 12.9. The minimum atomic E-state index is -3.56. The SMILES string of the molecule is Cc1ccc(S(=O)(=O)N2CCC(C(=O)NCC(=O)NC3CCCCC3)CC2)cc1C. The predicted molar refractivity (Wildman–Crippen MR) is 115 cm³/mol. The molecule has 7 nitrogen and oxygen atoms in total. The molecule has 0 unspecified atom stereocenters. The predicted octanol–water partition coefficient (Wildman–Crippen LogP) is 2.27. The molecule has 2 amide bonds. The van der Waals surface area contributed by atoms with Crippen molar-refractivity contribution in [3.05, 3.63) is 29.3 Å². The lowest BCUT2D eigenvalue weighted by molar-refractivity contribution is -0.129. The third kappa shape index (κ3) is 5.60. The molecule has 1 saturated carbocycles. The molecule has 0 atom stereocenters. The standard InChI is InChI=1S/C22H33N3O4S/c1-16-8-9-20(14-17(16)2)30(28,29)25-12-10-18(11-13-25)22(27)23-15-21(26)24-19-6-4-3-5-7-19/h8-9,14,18-19H,3-7,10-13,15H2,1-2H3,(H,23,27)(H,24,26). The minimum absolute atomic E-state index is 0.0174. The van der Waals surface area contributed by atoms with Crippen molar-refractivity contribution in [1.82, 2.24) is 14.9 Å². The van der Waals surface area contributed by atoms with Crippen LogP contribution in [0.25, 0.3) is 0 Å².